The molecule has 0 aliphatic carbocycles. The molecule has 1 saturated heterocycles. The number of thioether (sulfide) groups is 1. The molecule has 0 spiro atoms. The van der Waals surface area contributed by atoms with Crippen LogP contribution in [0.15, 0.2) is 114 Å². The zero-order valence-corrected chi connectivity index (χ0v) is 25.4. The van der Waals surface area contributed by atoms with Crippen LogP contribution in [0.5, 0.6) is 0 Å². The minimum absolute atomic E-state index is 0.0360. The van der Waals surface area contributed by atoms with E-state index in [9.17, 15) is 28.4 Å². The van der Waals surface area contributed by atoms with Gasteiger partial charge in [0.15, 0.2) is 0 Å². The van der Waals surface area contributed by atoms with Crippen LogP contribution in [0.3, 0.4) is 0 Å². The van der Waals surface area contributed by atoms with Crippen molar-refractivity contribution in [3.8, 4) is 0 Å². The maximum atomic E-state index is 13.9. The summed E-state index contributed by atoms with van der Waals surface area (Å²) >= 11 is 1.17. The van der Waals surface area contributed by atoms with Gasteiger partial charge in [-0.25, -0.2) is 14.1 Å². The van der Waals surface area contributed by atoms with Crippen molar-refractivity contribution in [2.45, 2.75) is 23.5 Å². The van der Waals surface area contributed by atoms with Gasteiger partial charge in [0, 0.05) is 22.6 Å². The van der Waals surface area contributed by atoms with Crippen molar-refractivity contribution >= 4 is 58.8 Å². The minimum Gasteiger partial charge on any atom is -0.462 e. The van der Waals surface area contributed by atoms with Crippen molar-refractivity contribution in [3.05, 3.63) is 131 Å². The average Bonchev–Trinajstić information content (AvgIpc) is 3.33. The van der Waals surface area contributed by atoms with E-state index in [4.69, 9.17) is 4.74 Å². The molecule has 0 bridgehead atoms. The fourth-order valence-corrected chi connectivity index (χ4v) is 5.76. The van der Waals surface area contributed by atoms with Crippen molar-refractivity contribution in [3.63, 3.8) is 0 Å². The third kappa shape index (κ3) is 7.74. The number of hydrogen-bond acceptors (Lipinski definition) is 7. The highest BCUT2D eigenvalue weighted by molar-refractivity contribution is 8.00. The number of carbonyl (C=O) groups excluding carboxylic acids is 5. The molecule has 1 aliphatic heterocycles. The van der Waals surface area contributed by atoms with E-state index in [1.165, 1.54) is 60.3 Å². The molecule has 11 heteroatoms. The summed E-state index contributed by atoms with van der Waals surface area (Å²) in [4.78, 5) is 66.0. The monoisotopic (exact) mass is 637 g/mol. The number of nitrogens with one attached hydrogen (secondary N) is 2. The Morgan fingerprint density at radius 3 is 2.37 bits per heavy atom. The molecule has 4 aromatic carbocycles. The summed E-state index contributed by atoms with van der Waals surface area (Å²) in [6.07, 6.45) is 1.33. The predicted molar refractivity (Wildman–Crippen MR) is 173 cm³/mol. The van der Waals surface area contributed by atoms with Gasteiger partial charge in [-0.2, -0.15) is 0 Å². The highest BCUT2D eigenvalue weighted by Gasteiger charge is 2.40. The molecule has 2 N–H and O–H groups in total. The Bertz CT molecular complexity index is 1830. The van der Waals surface area contributed by atoms with Gasteiger partial charge in [-0.3, -0.25) is 19.2 Å². The molecule has 1 aliphatic rings. The van der Waals surface area contributed by atoms with Crippen LogP contribution in [0.25, 0.3) is 6.08 Å². The highest BCUT2D eigenvalue weighted by Crippen LogP contribution is 2.35. The third-order valence-corrected chi connectivity index (χ3v) is 7.98. The molecule has 0 aromatic heterocycles. The van der Waals surface area contributed by atoms with Gasteiger partial charge in [0.25, 0.3) is 11.8 Å². The van der Waals surface area contributed by atoms with Crippen LogP contribution in [0.4, 0.5) is 15.8 Å². The first-order chi connectivity index (χ1) is 22.2. The van der Waals surface area contributed by atoms with E-state index >= 15 is 0 Å². The van der Waals surface area contributed by atoms with Crippen molar-refractivity contribution in [2.24, 2.45) is 0 Å². The maximum absolute atomic E-state index is 13.9. The first-order valence-electron chi connectivity index (χ1n) is 14.3. The van der Waals surface area contributed by atoms with Gasteiger partial charge < -0.3 is 15.4 Å². The molecule has 1 fully saturated rings. The minimum atomic E-state index is -0.711. The number of carbonyl (C=O) groups is 5. The molecule has 4 amide bonds. The summed E-state index contributed by atoms with van der Waals surface area (Å²) in [5.74, 6) is -2.95. The molecule has 9 nitrogen and oxygen atoms in total. The van der Waals surface area contributed by atoms with Gasteiger partial charge >= 0.3 is 5.97 Å². The van der Waals surface area contributed by atoms with Gasteiger partial charge in [-0.1, -0.05) is 36.4 Å². The van der Waals surface area contributed by atoms with E-state index in [1.807, 2.05) is 0 Å². The molecule has 0 radical (unpaired) electrons. The van der Waals surface area contributed by atoms with Crippen molar-refractivity contribution in [2.75, 3.05) is 16.8 Å². The zero-order chi connectivity index (χ0) is 32.6. The molecule has 1 heterocycles. The lowest BCUT2D eigenvalue weighted by atomic mass is 10.1. The fourth-order valence-electron chi connectivity index (χ4n) is 4.64. The van der Waals surface area contributed by atoms with Crippen LogP contribution < -0.4 is 15.5 Å². The van der Waals surface area contributed by atoms with Crippen LogP contribution in [0.1, 0.15) is 39.6 Å². The summed E-state index contributed by atoms with van der Waals surface area (Å²) < 4.78 is 18.8. The number of esters is 1. The van der Waals surface area contributed by atoms with Gasteiger partial charge in [0.05, 0.1) is 23.1 Å². The van der Waals surface area contributed by atoms with Crippen LogP contribution in [0, 0.1) is 5.82 Å². The number of rotatable bonds is 10. The number of halogens is 1. The molecule has 0 unspecified atom stereocenters. The van der Waals surface area contributed by atoms with Crippen LogP contribution in [-0.4, -0.2) is 41.5 Å². The van der Waals surface area contributed by atoms with Crippen molar-refractivity contribution in [1.29, 1.82) is 0 Å². The molecule has 4 aromatic rings. The van der Waals surface area contributed by atoms with Gasteiger partial charge in [0.1, 0.15) is 11.5 Å². The standard InChI is InChI=1S/C35H28FN3O6S/c1-2-45-35(44)24-14-16-27(17-15-24)39-31(40)21-30(34(39)43)46-28-13-7-12-26(20-28)37-33(42)29(19-22-8-6-11-25(36)18-22)38-32(41)23-9-4-3-5-10-23/h3-20,30H,2,21H2,1H3,(H,37,42)(H,38,41)/b29-19-/t30-/m1/s1. The molecule has 46 heavy (non-hydrogen) atoms. The number of benzene rings is 4. The van der Waals surface area contributed by atoms with E-state index < -0.39 is 34.8 Å². The Kier molecular flexibility index (Phi) is 10.0. The lowest BCUT2D eigenvalue weighted by molar-refractivity contribution is -0.121. The van der Waals surface area contributed by atoms with Crippen LogP contribution in [-0.2, 0) is 19.1 Å². The average molecular weight is 638 g/mol. The molecule has 5 rings (SSSR count). The lowest BCUT2D eigenvalue weighted by Gasteiger charge is -2.15. The SMILES string of the molecule is CCOC(=O)c1ccc(N2C(=O)C[C@@H](Sc3cccc(NC(=O)/C(=C/c4cccc(F)c4)NC(=O)c4ccccc4)c3)C2=O)cc1. The van der Waals surface area contributed by atoms with Gasteiger partial charge in [0.2, 0.25) is 11.8 Å². The Balaban J connectivity index is 1.30. The van der Waals surface area contributed by atoms with Crippen molar-refractivity contribution in [1.82, 2.24) is 5.32 Å². The number of amides is 4. The second-order valence-electron chi connectivity index (χ2n) is 10.1. The van der Waals surface area contributed by atoms with E-state index in [1.54, 1.807) is 67.6 Å². The topological polar surface area (TPSA) is 122 Å². The fraction of sp³-hybridized carbons (Fsp3) is 0.114. The Morgan fingerprint density at radius 2 is 1.65 bits per heavy atom. The van der Waals surface area contributed by atoms with E-state index in [0.717, 1.165) is 4.90 Å². The molecular formula is C35H28FN3O6S. The largest absolute Gasteiger partial charge is 0.462 e. The Labute approximate surface area is 268 Å². The van der Waals surface area contributed by atoms with Gasteiger partial charge in [-0.15, -0.1) is 11.8 Å². The first-order valence-corrected chi connectivity index (χ1v) is 15.2. The van der Waals surface area contributed by atoms with E-state index in [0.29, 0.717) is 33.0 Å². The number of imide groups is 1. The Hall–Kier alpha value is -5.55. The molecule has 1 atom stereocenters. The number of nitrogens with zero attached hydrogens (tertiary/aromatic N) is 1. The number of hydrogen-bond donors (Lipinski definition) is 2. The quantitative estimate of drug-likeness (QED) is 0.127. The predicted octanol–water partition coefficient (Wildman–Crippen LogP) is 5.84. The second-order valence-corrected chi connectivity index (χ2v) is 11.3. The zero-order valence-electron chi connectivity index (χ0n) is 24.6. The summed E-state index contributed by atoms with van der Waals surface area (Å²) in [6, 6.07) is 26.7. The summed E-state index contributed by atoms with van der Waals surface area (Å²) in [5.41, 5.74) is 1.62. The van der Waals surface area contributed by atoms with Crippen molar-refractivity contribution < 1.29 is 33.1 Å². The number of ether oxygens (including phenoxy) is 1. The molecular weight excluding hydrogens is 609 g/mol. The molecule has 0 saturated carbocycles. The van der Waals surface area contributed by atoms with Crippen LogP contribution >= 0.6 is 11.8 Å². The smallest absolute Gasteiger partial charge is 0.338 e. The second kappa shape index (κ2) is 14.5. The summed E-state index contributed by atoms with van der Waals surface area (Å²) in [6.45, 7) is 1.93. The van der Waals surface area contributed by atoms with E-state index in [2.05, 4.69) is 10.6 Å². The highest BCUT2D eigenvalue weighted by atomic mass is 32.2. The lowest BCUT2D eigenvalue weighted by Crippen LogP contribution is -2.31. The normalized spacial score (nSPS) is 14.6. The van der Waals surface area contributed by atoms with Crippen LogP contribution in [0.2, 0.25) is 0 Å². The Morgan fingerprint density at radius 1 is 0.913 bits per heavy atom. The number of anilines is 2. The van der Waals surface area contributed by atoms with E-state index in [-0.39, 0.29) is 24.6 Å². The molecule has 232 valence electrons. The van der Waals surface area contributed by atoms with Gasteiger partial charge in [-0.05, 0) is 85.3 Å². The maximum Gasteiger partial charge on any atom is 0.338 e. The summed E-state index contributed by atoms with van der Waals surface area (Å²) in [7, 11) is 0. The summed E-state index contributed by atoms with van der Waals surface area (Å²) in [5, 5.41) is 4.65. The first kappa shape index (κ1) is 31.9. The third-order valence-electron chi connectivity index (χ3n) is 6.80.